The second kappa shape index (κ2) is 10.1. The Morgan fingerprint density at radius 3 is 2.17 bits per heavy atom. The van der Waals surface area contributed by atoms with Crippen molar-refractivity contribution in [3.05, 3.63) is 88.7 Å². The van der Waals surface area contributed by atoms with Gasteiger partial charge in [0.05, 0.1) is 16.4 Å². The third kappa shape index (κ3) is 5.34. The van der Waals surface area contributed by atoms with Crippen LogP contribution in [-0.2, 0) is 10.7 Å². The van der Waals surface area contributed by atoms with Crippen LogP contribution in [0.15, 0.2) is 73.1 Å². The fourth-order valence-electron chi connectivity index (χ4n) is 3.75. The van der Waals surface area contributed by atoms with Gasteiger partial charge in [-0.15, -0.1) is 0 Å². The van der Waals surface area contributed by atoms with E-state index in [4.69, 9.17) is 23.2 Å². The molecule has 0 fully saturated rings. The minimum atomic E-state index is -2.98. The summed E-state index contributed by atoms with van der Waals surface area (Å²) in [7, 11) is 0. The molecule has 35 heavy (non-hydrogen) atoms. The Hall–Kier alpha value is -3.35. The van der Waals surface area contributed by atoms with Crippen LogP contribution in [0, 0.1) is 0 Å². The number of nitrogens with one attached hydrogen (secondary N) is 1. The van der Waals surface area contributed by atoms with Gasteiger partial charge in [-0.1, -0.05) is 60.5 Å². The number of hydrogen-bond donors (Lipinski definition) is 1. The summed E-state index contributed by atoms with van der Waals surface area (Å²) in [6, 6.07) is 16.7. The number of halogens is 4. The van der Waals surface area contributed by atoms with Gasteiger partial charge in [0.1, 0.15) is 0 Å². The standard InChI is InChI=1S/C27H21Cl2F2N3O/c1-3-27(30,31)19-8-11-24(34-16(2)35)22(14-19)17-4-6-18(7-5-17)25-26(33-13-12-32-25)21-10-9-20(28)15-23(21)29/h4-15H,3H2,1-2H3,(H,34,35). The Labute approximate surface area is 212 Å². The summed E-state index contributed by atoms with van der Waals surface area (Å²) in [4.78, 5) is 20.7. The van der Waals surface area contributed by atoms with Crippen molar-refractivity contribution in [1.82, 2.24) is 9.97 Å². The van der Waals surface area contributed by atoms with E-state index in [9.17, 15) is 13.6 Å². The number of alkyl halides is 2. The van der Waals surface area contributed by atoms with Gasteiger partial charge in [-0.05, 0) is 35.9 Å². The molecule has 1 heterocycles. The largest absolute Gasteiger partial charge is 0.326 e. The molecule has 0 saturated heterocycles. The Kier molecular flexibility index (Phi) is 7.15. The Morgan fingerprint density at radius 2 is 1.54 bits per heavy atom. The molecule has 0 saturated carbocycles. The van der Waals surface area contributed by atoms with Crippen LogP contribution in [0.4, 0.5) is 14.5 Å². The Bertz CT molecular complexity index is 1390. The highest BCUT2D eigenvalue weighted by Gasteiger charge is 2.29. The molecule has 1 amide bonds. The van der Waals surface area contributed by atoms with Crippen LogP contribution in [-0.4, -0.2) is 15.9 Å². The van der Waals surface area contributed by atoms with Gasteiger partial charge in [0, 0.05) is 58.7 Å². The maximum atomic E-state index is 14.4. The first-order valence-corrected chi connectivity index (χ1v) is 11.6. The summed E-state index contributed by atoms with van der Waals surface area (Å²) < 4.78 is 28.8. The molecular formula is C27H21Cl2F2N3O. The number of benzene rings is 3. The average molecular weight is 512 g/mol. The van der Waals surface area contributed by atoms with E-state index in [1.165, 1.54) is 32.0 Å². The van der Waals surface area contributed by atoms with Crippen molar-refractivity contribution >= 4 is 34.8 Å². The van der Waals surface area contributed by atoms with Crippen molar-refractivity contribution in [2.75, 3.05) is 5.32 Å². The fourth-order valence-corrected chi connectivity index (χ4v) is 4.25. The van der Waals surface area contributed by atoms with Crippen molar-refractivity contribution in [1.29, 1.82) is 0 Å². The number of carbonyl (C=O) groups is 1. The number of carbonyl (C=O) groups excluding carboxylic acids is 1. The third-order valence-corrected chi connectivity index (χ3v) is 6.10. The van der Waals surface area contributed by atoms with Crippen molar-refractivity contribution in [3.8, 4) is 33.6 Å². The zero-order chi connectivity index (χ0) is 25.2. The summed E-state index contributed by atoms with van der Waals surface area (Å²) in [5, 5.41) is 3.69. The summed E-state index contributed by atoms with van der Waals surface area (Å²) in [5.41, 5.74) is 4.15. The second-order valence-corrected chi connectivity index (χ2v) is 8.80. The van der Waals surface area contributed by atoms with E-state index in [2.05, 4.69) is 15.3 Å². The summed E-state index contributed by atoms with van der Waals surface area (Å²) in [6.45, 7) is 2.81. The van der Waals surface area contributed by atoms with Gasteiger partial charge in [-0.25, -0.2) is 8.78 Å². The first kappa shape index (κ1) is 24.8. The molecule has 178 valence electrons. The van der Waals surface area contributed by atoms with Crippen LogP contribution >= 0.6 is 23.2 Å². The van der Waals surface area contributed by atoms with Gasteiger partial charge in [-0.3, -0.25) is 14.8 Å². The van der Waals surface area contributed by atoms with Gasteiger partial charge >= 0.3 is 0 Å². The van der Waals surface area contributed by atoms with E-state index in [-0.39, 0.29) is 17.9 Å². The van der Waals surface area contributed by atoms with Gasteiger partial charge in [0.15, 0.2) is 0 Å². The molecule has 0 bridgehead atoms. The zero-order valence-electron chi connectivity index (χ0n) is 18.9. The van der Waals surface area contributed by atoms with Crippen LogP contribution in [0.1, 0.15) is 25.8 Å². The van der Waals surface area contributed by atoms with Gasteiger partial charge in [-0.2, -0.15) is 0 Å². The topological polar surface area (TPSA) is 54.9 Å². The molecular weight excluding hydrogens is 491 g/mol. The number of hydrogen-bond acceptors (Lipinski definition) is 3. The summed E-state index contributed by atoms with van der Waals surface area (Å²) in [5.74, 6) is -3.27. The lowest BCUT2D eigenvalue weighted by Gasteiger charge is -2.18. The molecule has 0 aliphatic carbocycles. The zero-order valence-corrected chi connectivity index (χ0v) is 20.5. The number of aromatic nitrogens is 2. The van der Waals surface area contributed by atoms with Gasteiger partial charge in [0.25, 0.3) is 5.92 Å². The molecule has 1 N–H and O–H groups in total. The van der Waals surface area contributed by atoms with E-state index >= 15 is 0 Å². The maximum Gasteiger partial charge on any atom is 0.273 e. The fraction of sp³-hybridized carbons (Fsp3) is 0.148. The molecule has 0 aliphatic heterocycles. The van der Waals surface area contributed by atoms with E-state index in [0.717, 1.165) is 5.56 Å². The molecule has 8 heteroatoms. The number of rotatable bonds is 6. The monoisotopic (exact) mass is 511 g/mol. The predicted octanol–water partition coefficient (Wildman–Crippen LogP) is 8.24. The first-order chi connectivity index (χ1) is 16.7. The molecule has 0 atom stereocenters. The number of amides is 1. The predicted molar refractivity (Wildman–Crippen MR) is 137 cm³/mol. The molecule has 0 unspecified atom stereocenters. The SMILES string of the molecule is CCC(F)(F)c1ccc(NC(C)=O)c(-c2ccc(-c3nccnc3-c3ccc(Cl)cc3Cl)cc2)c1. The van der Waals surface area contributed by atoms with Crippen molar-refractivity contribution < 1.29 is 13.6 Å². The van der Waals surface area contributed by atoms with Crippen LogP contribution in [0.5, 0.6) is 0 Å². The van der Waals surface area contributed by atoms with E-state index < -0.39 is 5.92 Å². The first-order valence-electron chi connectivity index (χ1n) is 10.9. The van der Waals surface area contributed by atoms with Crippen LogP contribution in [0.3, 0.4) is 0 Å². The molecule has 4 rings (SSSR count). The number of anilines is 1. The summed E-state index contributed by atoms with van der Waals surface area (Å²) >= 11 is 12.4. The third-order valence-electron chi connectivity index (χ3n) is 5.55. The molecule has 4 nitrogen and oxygen atoms in total. The highest BCUT2D eigenvalue weighted by atomic mass is 35.5. The van der Waals surface area contributed by atoms with Crippen LogP contribution in [0.25, 0.3) is 33.6 Å². The number of nitrogens with zero attached hydrogens (tertiary/aromatic N) is 2. The Morgan fingerprint density at radius 1 is 0.886 bits per heavy atom. The minimum Gasteiger partial charge on any atom is -0.326 e. The average Bonchev–Trinajstić information content (AvgIpc) is 2.84. The lowest BCUT2D eigenvalue weighted by Crippen LogP contribution is -2.13. The smallest absolute Gasteiger partial charge is 0.273 e. The lowest BCUT2D eigenvalue weighted by molar-refractivity contribution is -0.114. The normalized spacial score (nSPS) is 11.4. The molecule has 0 spiro atoms. The summed E-state index contributed by atoms with van der Waals surface area (Å²) in [6.07, 6.45) is 2.84. The molecule has 0 radical (unpaired) electrons. The second-order valence-electron chi connectivity index (χ2n) is 7.95. The Balaban J connectivity index is 1.78. The maximum absolute atomic E-state index is 14.4. The molecule has 0 aliphatic rings. The van der Waals surface area contributed by atoms with Crippen molar-refractivity contribution in [2.45, 2.75) is 26.2 Å². The molecule has 1 aromatic heterocycles. The van der Waals surface area contributed by atoms with E-state index in [0.29, 0.717) is 43.8 Å². The van der Waals surface area contributed by atoms with Crippen molar-refractivity contribution in [2.24, 2.45) is 0 Å². The highest BCUT2D eigenvalue weighted by molar-refractivity contribution is 6.36. The van der Waals surface area contributed by atoms with E-state index in [1.807, 2.05) is 12.1 Å². The van der Waals surface area contributed by atoms with Crippen LogP contribution < -0.4 is 5.32 Å². The lowest BCUT2D eigenvalue weighted by atomic mass is 9.95. The molecule has 3 aromatic carbocycles. The molecule has 4 aromatic rings. The van der Waals surface area contributed by atoms with Crippen LogP contribution in [0.2, 0.25) is 10.0 Å². The van der Waals surface area contributed by atoms with Crippen molar-refractivity contribution in [3.63, 3.8) is 0 Å². The quantitative estimate of drug-likeness (QED) is 0.283. The van der Waals surface area contributed by atoms with Gasteiger partial charge < -0.3 is 5.32 Å². The van der Waals surface area contributed by atoms with E-state index in [1.54, 1.807) is 42.7 Å². The minimum absolute atomic E-state index is 0.109. The highest BCUT2D eigenvalue weighted by Crippen LogP contribution is 2.39. The van der Waals surface area contributed by atoms with Gasteiger partial charge in [0.2, 0.25) is 5.91 Å².